The van der Waals surface area contributed by atoms with Crippen LogP contribution in [0.3, 0.4) is 0 Å². The highest BCUT2D eigenvalue weighted by atomic mass is 79.9. The summed E-state index contributed by atoms with van der Waals surface area (Å²) < 4.78 is 7.13. The van der Waals surface area contributed by atoms with Crippen LogP contribution in [0.1, 0.15) is 32.6 Å². The van der Waals surface area contributed by atoms with Crippen molar-refractivity contribution in [2.45, 2.75) is 44.1 Å². The van der Waals surface area contributed by atoms with Crippen molar-refractivity contribution in [3.63, 3.8) is 0 Å². The molecule has 0 aromatic carbocycles. The molecule has 0 N–H and O–H groups in total. The summed E-state index contributed by atoms with van der Waals surface area (Å²) in [4.78, 5) is 0. The molecule has 0 saturated carbocycles. The summed E-state index contributed by atoms with van der Waals surface area (Å²) >= 11 is 9.91. The number of allylic oxidation sites excluding steroid dienone is 4. The number of ether oxygens (including phenoxy) is 1. The molecule has 1 aliphatic rings. The first kappa shape index (κ1) is 15.4. The lowest BCUT2D eigenvalue weighted by Crippen LogP contribution is -2.25. The van der Waals surface area contributed by atoms with E-state index in [9.17, 15) is 0 Å². The lowest BCUT2D eigenvalue weighted by molar-refractivity contribution is 0.108. The Kier molecular flexibility index (Phi) is 7.23. The van der Waals surface area contributed by atoms with Crippen LogP contribution in [0.5, 0.6) is 0 Å². The fourth-order valence-electron chi connectivity index (χ4n) is 1.71. The van der Waals surface area contributed by atoms with E-state index in [0.29, 0.717) is 0 Å². The summed E-state index contributed by atoms with van der Waals surface area (Å²) in [5.74, 6) is 3.45. The maximum atomic E-state index is 6.35. The summed E-state index contributed by atoms with van der Waals surface area (Å²) in [7, 11) is 0. The molecule has 0 radical (unpaired) electrons. The fraction of sp³-hybridized carbons (Fsp3) is 0.467. The minimum absolute atomic E-state index is 0.0314. The van der Waals surface area contributed by atoms with Crippen LogP contribution in [0.15, 0.2) is 34.5 Å². The SMILES string of the molecule is C#C/C=C\C[C@@H]1O/C(=C(\Br)CC)C/C=C/C[C@@H]1Cl. The number of hydrogen-bond acceptors (Lipinski definition) is 1. The Balaban J connectivity index is 2.82. The van der Waals surface area contributed by atoms with Gasteiger partial charge < -0.3 is 4.74 Å². The molecule has 1 heterocycles. The molecule has 0 aliphatic carbocycles. The molecule has 1 aliphatic heterocycles. The number of halogens is 2. The van der Waals surface area contributed by atoms with Gasteiger partial charge in [-0.15, -0.1) is 18.0 Å². The summed E-state index contributed by atoms with van der Waals surface area (Å²) in [5.41, 5.74) is 0. The average molecular weight is 330 g/mol. The van der Waals surface area contributed by atoms with Crippen molar-refractivity contribution in [2.75, 3.05) is 0 Å². The normalized spacial score (nSPS) is 29.0. The Labute approximate surface area is 123 Å². The van der Waals surface area contributed by atoms with Crippen molar-refractivity contribution in [1.29, 1.82) is 0 Å². The van der Waals surface area contributed by atoms with E-state index in [0.717, 1.165) is 35.9 Å². The molecule has 98 valence electrons. The Hall–Kier alpha value is -0.650. The van der Waals surface area contributed by atoms with E-state index in [2.05, 4.69) is 40.9 Å². The third-order valence-electron chi connectivity index (χ3n) is 2.72. The molecule has 1 rings (SSSR count). The summed E-state index contributed by atoms with van der Waals surface area (Å²) in [6, 6.07) is 0. The van der Waals surface area contributed by atoms with Gasteiger partial charge in [0.2, 0.25) is 0 Å². The Bertz CT molecular complexity index is 390. The molecule has 0 bridgehead atoms. The van der Waals surface area contributed by atoms with Crippen LogP contribution in [0.2, 0.25) is 0 Å². The van der Waals surface area contributed by atoms with Gasteiger partial charge in [0.15, 0.2) is 0 Å². The first-order valence-electron chi connectivity index (χ1n) is 6.13. The third-order valence-corrected chi connectivity index (χ3v) is 4.19. The Morgan fingerprint density at radius 1 is 1.67 bits per heavy atom. The molecule has 0 aromatic rings. The van der Waals surface area contributed by atoms with Crippen LogP contribution in [-0.4, -0.2) is 11.5 Å². The Morgan fingerprint density at radius 2 is 2.44 bits per heavy atom. The number of terminal acetylenes is 1. The van der Waals surface area contributed by atoms with Gasteiger partial charge in [-0.25, -0.2) is 0 Å². The van der Waals surface area contributed by atoms with Gasteiger partial charge in [-0.3, -0.25) is 0 Å². The lowest BCUT2D eigenvalue weighted by Gasteiger charge is -2.25. The lowest BCUT2D eigenvalue weighted by atomic mass is 10.1. The minimum atomic E-state index is -0.0321. The molecule has 0 fully saturated rings. The largest absolute Gasteiger partial charge is 0.492 e. The molecule has 0 unspecified atom stereocenters. The van der Waals surface area contributed by atoms with Crippen molar-refractivity contribution in [3.05, 3.63) is 34.5 Å². The maximum absolute atomic E-state index is 6.35. The zero-order valence-electron chi connectivity index (χ0n) is 10.5. The molecule has 2 atom stereocenters. The third kappa shape index (κ3) is 4.92. The zero-order chi connectivity index (χ0) is 13.4. The van der Waals surface area contributed by atoms with Gasteiger partial charge >= 0.3 is 0 Å². The fourth-order valence-corrected chi connectivity index (χ4v) is 2.22. The summed E-state index contributed by atoms with van der Waals surface area (Å²) in [6.45, 7) is 2.09. The van der Waals surface area contributed by atoms with E-state index in [1.807, 2.05) is 6.08 Å². The Morgan fingerprint density at radius 3 is 3.11 bits per heavy atom. The van der Waals surface area contributed by atoms with Crippen LogP contribution >= 0.6 is 27.5 Å². The second-order valence-corrected chi connectivity index (χ2v) is 5.59. The van der Waals surface area contributed by atoms with Crippen LogP contribution in [0.25, 0.3) is 0 Å². The van der Waals surface area contributed by atoms with E-state index in [-0.39, 0.29) is 11.5 Å². The molecule has 1 nitrogen and oxygen atoms in total. The van der Waals surface area contributed by atoms with Gasteiger partial charge in [0.1, 0.15) is 11.9 Å². The van der Waals surface area contributed by atoms with Crippen LogP contribution in [0.4, 0.5) is 0 Å². The predicted octanol–water partition coefficient (Wildman–Crippen LogP) is 4.93. The predicted molar refractivity (Wildman–Crippen MR) is 81.7 cm³/mol. The van der Waals surface area contributed by atoms with E-state index in [1.54, 1.807) is 6.08 Å². The second-order valence-electron chi connectivity index (χ2n) is 4.07. The average Bonchev–Trinajstić information content (AvgIpc) is 2.37. The monoisotopic (exact) mass is 328 g/mol. The maximum Gasteiger partial charge on any atom is 0.118 e. The van der Waals surface area contributed by atoms with Gasteiger partial charge in [-0.2, -0.15) is 0 Å². The highest BCUT2D eigenvalue weighted by Crippen LogP contribution is 2.28. The minimum Gasteiger partial charge on any atom is -0.492 e. The smallest absolute Gasteiger partial charge is 0.118 e. The summed E-state index contributed by atoms with van der Waals surface area (Å²) in [5, 5.41) is -0.0314. The zero-order valence-corrected chi connectivity index (χ0v) is 12.9. The molecule has 0 aromatic heterocycles. The van der Waals surface area contributed by atoms with Gasteiger partial charge in [-0.05, 0) is 18.9 Å². The van der Waals surface area contributed by atoms with Gasteiger partial charge in [-0.1, -0.05) is 47.0 Å². The van der Waals surface area contributed by atoms with Gasteiger partial charge in [0.05, 0.1) is 5.38 Å². The molecule has 3 heteroatoms. The van der Waals surface area contributed by atoms with E-state index in [1.165, 1.54) is 0 Å². The first-order valence-corrected chi connectivity index (χ1v) is 7.36. The van der Waals surface area contributed by atoms with E-state index in [4.69, 9.17) is 22.8 Å². The molecular weight excluding hydrogens is 312 g/mol. The van der Waals surface area contributed by atoms with Crippen molar-refractivity contribution in [2.24, 2.45) is 0 Å². The van der Waals surface area contributed by atoms with E-state index >= 15 is 0 Å². The standard InChI is InChI=1S/C15H18BrClO/c1-3-5-6-11-15-13(17)9-7-8-10-14(18-15)12(16)4-2/h1,5-8,13,15H,4,9-11H2,2H3/b6-5-,8-7+,14-12-/t13-,15-/m0/s1. The number of alkyl halides is 1. The highest BCUT2D eigenvalue weighted by Gasteiger charge is 2.22. The van der Waals surface area contributed by atoms with E-state index < -0.39 is 0 Å². The van der Waals surface area contributed by atoms with Crippen LogP contribution in [0, 0.1) is 12.3 Å². The van der Waals surface area contributed by atoms with Crippen LogP contribution < -0.4 is 0 Å². The highest BCUT2D eigenvalue weighted by molar-refractivity contribution is 9.11. The van der Waals surface area contributed by atoms with Crippen molar-refractivity contribution in [3.8, 4) is 12.3 Å². The van der Waals surface area contributed by atoms with Crippen molar-refractivity contribution in [1.82, 2.24) is 0 Å². The molecule has 0 saturated heterocycles. The summed E-state index contributed by atoms with van der Waals surface area (Å²) in [6.07, 6.45) is 16.3. The van der Waals surface area contributed by atoms with Crippen molar-refractivity contribution >= 4 is 27.5 Å². The number of hydrogen-bond donors (Lipinski definition) is 0. The van der Waals surface area contributed by atoms with Gasteiger partial charge in [0, 0.05) is 17.3 Å². The quantitative estimate of drug-likeness (QED) is 0.405. The van der Waals surface area contributed by atoms with Crippen molar-refractivity contribution < 1.29 is 4.74 Å². The number of rotatable bonds is 3. The second kappa shape index (κ2) is 8.45. The molecule has 0 amide bonds. The van der Waals surface area contributed by atoms with Gasteiger partial charge in [0.25, 0.3) is 0 Å². The molecular formula is C15H18BrClO. The van der Waals surface area contributed by atoms with Crippen LogP contribution in [-0.2, 0) is 4.74 Å². The topological polar surface area (TPSA) is 9.23 Å². The molecule has 0 spiro atoms. The molecule has 18 heavy (non-hydrogen) atoms. The first-order chi connectivity index (χ1) is 8.69.